The lowest BCUT2D eigenvalue weighted by Gasteiger charge is -2.20. The molecule has 0 atom stereocenters. The second kappa shape index (κ2) is 7.11. The minimum absolute atomic E-state index is 0.210. The summed E-state index contributed by atoms with van der Waals surface area (Å²) < 4.78 is 6.94. The molecule has 0 saturated heterocycles. The van der Waals surface area contributed by atoms with E-state index < -0.39 is 17.7 Å². The third kappa shape index (κ3) is 4.44. The van der Waals surface area contributed by atoms with Crippen molar-refractivity contribution < 1.29 is 19.4 Å². The number of rotatable bonds is 4. The first-order valence-electron chi connectivity index (χ1n) is 8.51. The first-order valence-corrected chi connectivity index (χ1v) is 8.51. The van der Waals surface area contributed by atoms with E-state index >= 15 is 0 Å². The highest BCUT2D eigenvalue weighted by Crippen LogP contribution is 2.20. The second-order valence-electron chi connectivity index (χ2n) is 7.14. The number of nitrogens with zero attached hydrogens (tertiary/aromatic N) is 2. The van der Waals surface area contributed by atoms with Gasteiger partial charge in [0.1, 0.15) is 5.60 Å². The number of carbonyl (C=O) groups excluding carboxylic acids is 1. The number of amides is 1. The second-order valence-corrected chi connectivity index (χ2v) is 7.14. The van der Waals surface area contributed by atoms with Gasteiger partial charge in [0.05, 0.1) is 16.8 Å². The predicted molar refractivity (Wildman–Crippen MR) is 101 cm³/mol. The molecule has 140 valence electrons. The molecule has 0 aliphatic heterocycles. The van der Waals surface area contributed by atoms with E-state index in [0.29, 0.717) is 5.52 Å². The van der Waals surface area contributed by atoms with Crippen LogP contribution in [0.15, 0.2) is 48.7 Å². The molecule has 0 saturated carbocycles. The maximum Gasteiger partial charge on any atom is 0.407 e. The fraction of sp³-hybridized carbons (Fsp3) is 0.250. The zero-order valence-electron chi connectivity index (χ0n) is 15.4. The molecule has 1 aromatic heterocycles. The lowest BCUT2D eigenvalue weighted by atomic mass is 10.1. The number of ether oxygens (including phenoxy) is 1. The summed E-state index contributed by atoms with van der Waals surface area (Å²) in [5, 5.41) is 17.1. The molecule has 0 radical (unpaired) electrons. The largest absolute Gasteiger partial charge is 0.478 e. The molecule has 0 aliphatic rings. The molecule has 7 nitrogen and oxygen atoms in total. The Labute approximate surface area is 156 Å². The highest BCUT2D eigenvalue weighted by molar-refractivity contribution is 5.93. The summed E-state index contributed by atoms with van der Waals surface area (Å²) in [6.45, 7) is 5.70. The first kappa shape index (κ1) is 18.4. The van der Waals surface area contributed by atoms with Gasteiger partial charge in [0, 0.05) is 18.1 Å². The lowest BCUT2D eigenvalue weighted by Crippen LogP contribution is -2.32. The Bertz CT molecular complexity index is 1000. The van der Waals surface area contributed by atoms with Crippen LogP contribution >= 0.6 is 0 Å². The Hall–Kier alpha value is -3.35. The van der Waals surface area contributed by atoms with Gasteiger partial charge in [-0.25, -0.2) is 14.3 Å². The van der Waals surface area contributed by atoms with E-state index in [9.17, 15) is 9.59 Å². The number of aromatic carboxylic acids is 1. The van der Waals surface area contributed by atoms with E-state index in [-0.39, 0.29) is 12.1 Å². The Morgan fingerprint density at radius 3 is 2.63 bits per heavy atom. The summed E-state index contributed by atoms with van der Waals surface area (Å²) in [5.41, 5.74) is 1.98. The standard InChI is InChI=1S/C20H21N3O4/c1-20(2,3)27-19(26)21-11-14-6-4-5-7-17(14)23-12-15-10-13(18(24)25)8-9-16(15)22-23/h4-10,12H,11H2,1-3H3,(H,21,26)(H,24,25). The van der Waals surface area contributed by atoms with E-state index in [2.05, 4.69) is 10.4 Å². The van der Waals surface area contributed by atoms with Crippen molar-refractivity contribution in [1.29, 1.82) is 0 Å². The van der Waals surface area contributed by atoms with Gasteiger partial charge in [-0.3, -0.25) is 0 Å². The summed E-state index contributed by atoms with van der Waals surface area (Å²) in [6, 6.07) is 12.3. The average molecular weight is 367 g/mol. The lowest BCUT2D eigenvalue weighted by molar-refractivity contribution is 0.0523. The van der Waals surface area contributed by atoms with Crippen LogP contribution in [0.4, 0.5) is 4.79 Å². The molecule has 0 bridgehead atoms. The van der Waals surface area contributed by atoms with Crippen molar-refractivity contribution >= 4 is 23.0 Å². The fourth-order valence-corrected chi connectivity index (χ4v) is 2.65. The van der Waals surface area contributed by atoms with Crippen molar-refractivity contribution in [2.24, 2.45) is 0 Å². The maximum absolute atomic E-state index is 11.9. The molecule has 2 aromatic carbocycles. The summed E-state index contributed by atoms with van der Waals surface area (Å²) in [7, 11) is 0. The molecule has 1 amide bonds. The number of nitrogens with one attached hydrogen (secondary N) is 1. The molecule has 1 heterocycles. The number of para-hydroxylation sites is 1. The van der Waals surface area contributed by atoms with Crippen LogP contribution in [-0.2, 0) is 11.3 Å². The molecule has 3 aromatic rings. The SMILES string of the molecule is CC(C)(C)OC(=O)NCc1ccccc1-n1cc2cc(C(=O)O)ccc2n1. The van der Waals surface area contributed by atoms with E-state index in [1.165, 1.54) is 6.07 Å². The molecule has 2 N–H and O–H groups in total. The van der Waals surface area contributed by atoms with Gasteiger partial charge in [0.25, 0.3) is 0 Å². The highest BCUT2D eigenvalue weighted by Gasteiger charge is 2.16. The van der Waals surface area contributed by atoms with E-state index in [1.807, 2.05) is 24.3 Å². The molecule has 27 heavy (non-hydrogen) atoms. The number of fused-ring (bicyclic) bond motifs is 1. The first-order chi connectivity index (χ1) is 12.7. The third-order valence-electron chi connectivity index (χ3n) is 3.81. The Balaban J connectivity index is 1.86. The van der Waals surface area contributed by atoms with E-state index in [0.717, 1.165) is 16.6 Å². The van der Waals surface area contributed by atoms with Crippen LogP contribution in [-0.4, -0.2) is 32.6 Å². The number of carboxylic acids is 1. The molecule has 0 fully saturated rings. The Kier molecular flexibility index (Phi) is 4.85. The van der Waals surface area contributed by atoms with Crippen LogP contribution in [0.3, 0.4) is 0 Å². The number of carbonyl (C=O) groups is 2. The number of benzene rings is 2. The van der Waals surface area contributed by atoms with Crippen molar-refractivity contribution in [3.05, 3.63) is 59.8 Å². The summed E-state index contributed by atoms with van der Waals surface area (Å²) >= 11 is 0. The third-order valence-corrected chi connectivity index (χ3v) is 3.81. The molecular weight excluding hydrogens is 346 g/mol. The predicted octanol–water partition coefficient (Wildman–Crippen LogP) is 3.75. The van der Waals surface area contributed by atoms with Crippen molar-refractivity contribution in [2.75, 3.05) is 0 Å². The summed E-state index contributed by atoms with van der Waals surface area (Å²) in [5.74, 6) is -0.980. The number of hydrogen-bond acceptors (Lipinski definition) is 4. The van der Waals surface area contributed by atoms with Gasteiger partial charge < -0.3 is 15.2 Å². The molecular formula is C20H21N3O4. The van der Waals surface area contributed by atoms with Gasteiger partial charge in [-0.15, -0.1) is 0 Å². The molecule has 7 heteroatoms. The minimum Gasteiger partial charge on any atom is -0.478 e. The van der Waals surface area contributed by atoms with Gasteiger partial charge >= 0.3 is 12.1 Å². The van der Waals surface area contributed by atoms with Crippen LogP contribution in [0.25, 0.3) is 16.6 Å². The zero-order valence-corrected chi connectivity index (χ0v) is 15.4. The maximum atomic E-state index is 11.9. The quantitative estimate of drug-likeness (QED) is 0.732. The van der Waals surface area contributed by atoms with Gasteiger partial charge in [0.15, 0.2) is 0 Å². The van der Waals surface area contributed by atoms with Crippen LogP contribution in [0.1, 0.15) is 36.7 Å². The van der Waals surface area contributed by atoms with Crippen LogP contribution in [0.2, 0.25) is 0 Å². The smallest absolute Gasteiger partial charge is 0.407 e. The fourth-order valence-electron chi connectivity index (χ4n) is 2.65. The normalized spacial score (nSPS) is 11.4. The van der Waals surface area contributed by atoms with Crippen LogP contribution in [0, 0.1) is 0 Å². The van der Waals surface area contributed by atoms with Gasteiger partial charge in [-0.2, -0.15) is 5.10 Å². The zero-order chi connectivity index (χ0) is 19.6. The molecule has 0 aliphatic carbocycles. The summed E-state index contributed by atoms with van der Waals surface area (Å²) in [6.07, 6.45) is 1.28. The van der Waals surface area contributed by atoms with E-state index in [1.54, 1.807) is 43.8 Å². The van der Waals surface area contributed by atoms with Crippen LogP contribution < -0.4 is 5.32 Å². The minimum atomic E-state index is -0.980. The van der Waals surface area contributed by atoms with E-state index in [4.69, 9.17) is 9.84 Å². The highest BCUT2D eigenvalue weighted by atomic mass is 16.6. The monoisotopic (exact) mass is 367 g/mol. The number of aromatic nitrogens is 2. The van der Waals surface area contributed by atoms with Gasteiger partial charge in [-0.05, 0) is 50.6 Å². The van der Waals surface area contributed by atoms with Crippen molar-refractivity contribution in [2.45, 2.75) is 32.9 Å². The number of alkyl carbamates (subject to hydrolysis) is 1. The number of carboxylic acid groups (broad SMARTS) is 1. The molecule has 3 rings (SSSR count). The molecule has 0 unspecified atom stereocenters. The Morgan fingerprint density at radius 2 is 1.93 bits per heavy atom. The topological polar surface area (TPSA) is 93.5 Å². The summed E-state index contributed by atoms with van der Waals surface area (Å²) in [4.78, 5) is 23.1. The van der Waals surface area contributed by atoms with Crippen LogP contribution in [0.5, 0.6) is 0 Å². The van der Waals surface area contributed by atoms with Gasteiger partial charge in [0.2, 0.25) is 0 Å². The van der Waals surface area contributed by atoms with Crippen molar-refractivity contribution in [3.8, 4) is 5.69 Å². The average Bonchev–Trinajstić information content (AvgIpc) is 3.01. The van der Waals surface area contributed by atoms with Crippen molar-refractivity contribution in [1.82, 2.24) is 15.1 Å². The Morgan fingerprint density at radius 1 is 1.19 bits per heavy atom. The van der Waals surface area contributed by atoms with Crippen molar-refractivity contribution in [3.63, 3.8) is 0 Å². The number of hydrogen-bond donors (Lipinski definition) is 2. The molecule has 0 spiro atoms. The van der Waals surface area contributed by atoms with Gasteiger partial charge in [-0.1, -0.05) is 18.2 Å².